The Bertz CT molecular complexity index is 3290. The molecule has 0 aliphatic heterocycles. The molecule has 0 radical (unpaired) electrons. The molecular formula is C46H28N4O2. The fourth-order valence-electron chi connectivity index (χ4n) is 8.17. The van der Waals surface area contributed by atoms with E-state index in [1.807, 2.05) is 60.7 Å². The van der Waals surface area contributed by atoms with Crippen molar-refractivity contribution >= 4 is 88.6 Å². The predicted octanol–water partition coefficient (Wildman–Crippen LogP) is 12.4. The van der Waals surface area contributed by atoms with E-state index >= 15 is 0 Å². The van der Waals surface area contributed by atoms with Crippen molar-refractivity contribution in [1.82, 2.24) is 19.5 Å². The highest BCUT2D eigenvalue weighted by Gasteiger charge is 2.24. The van der Waals surface area contributed by atoms with Crippen LogP contribution in [0.25, 0.3) is 117 Å². The summed E-state index contributed by atoms with van der Waals surface area (Å²) in [6, 6.07) is 41.4. The average molecular weight is 669 g/mol. The van der Waals surface area contributed by atoms with Crippen LogP contribution in [0.3, 0.4) is 0 Å². The Kier molecular flexibility index (Phi) is 5.93. The largest absolute Gasteiger partial charge is 0.456 e. The second-order valence-electron chi connectivity index (χ2n) is 13.1. The highest BCUT2D eigenvalue weighted by Crippen LogP contribution is 2.44. The topological polar surface area (TPSA) is 69.9 Å². The summed E-state index contributed by atoms with van der Waals surface area (Å²) in [4.78, 5) is 15.8. The molecule has 0 saturated carbocycles. The third kappa shape index (κ3) is 3.91. The normalized spacial score (nSPS) is 12.3. The number of rotatable bonds is 5. The molecule has 0 aliphatic carbocycles. The minimum Gasteiger partial charge on any atom is -0.456 e. The lowest BCUT2D eigenvalue weighted by molar-refractivity contribution is 0.668. The van der Waals surface area contributed by atoms with E-state index in [0.717, 1.165) is 93.3 Å². The molecule has 4 aromatic heterocycles. The summed E-state index contributed by atoms with van der Waals surface area (Å²) in [5.41, 5.74) is 9.22. The standard InChI is InChI=1S/C46H28N4O2/c1-3-12-28-27(4-2)31-15-9-18-35-42(31)43-32(28)16-10-19-36(43)50(35)46-48-44(26-23-24-30-29-13-5-7-20-37(29)52-40(30)25-26)47-45(49-46)34-17-11-22-39-41(34)33-14-6-8-21-38(33)51-39/h3-25H,2H2,1H3/b12-3-. The van der Waals surface area contributed by atoms with E-state index in [1.54, 1.807) is 0 Å². The van der Waals surface area contributed by atoms with Crippen molar-refractivity contribution in [3.05, 3.63) is 145 Å². The van der Waals surface area contributed by atoms with Crippen molar-refractivity contribution in [2.24, 2.45) is 0 Å². The molecule has 11 rings (SSSR count). The van der Waals surface area contributed by atoms with Crippen molar-refractivity contribution in [2.45, 2.75) is 6.92 Å². The van der Waals surface area contributed by atoms with Crippen LogP contribution in [-0.2, 0) is 0 Å². The molecule has 52 heavy (non-hydrogen) atoms. The van der Waals surface area contributed by atoms with Gasteiger partial charge in [-0.1, -0.05) is 104 Å². The number of hydrogen-bond donors (Lipinski definition) is 0. The highest BCUT2D eigenvalue weighted by molar-refractivity contribution is 6.27. The van der Waals surface area contributed by atoms with Gasteiger partial charge in [0.25, 0.3) is 0 Å². The lowest BCUT2D eigenvalue weighted by atomic mass is 9.91. The number of fused-ring (bicyclic) bond motifs is 6. The Morgan fingerprint density at radius 3 is 1.92 bits per heavy atom. The fraction of sp³-hybridized carbons (Fsp3) is 0.0217. The molecule has 244 valence electrons. The summed E-state index contributed by atoms with van der Waals surface area (Å²) >= 11 is 0. The summed E-state index contributed by atoms with van der Waals surface area (Å²) in [6.07, 6.45) is 6.23. The number of aromatic nitrogens is 4. The SMILES string of the molecule is C=Cc1c(/C=C\C)c2cccc3c2c2c1cccc2n3-c1nc(-c2ccc3c(c2)oc2ccccc23)nc(-c2cccc3oc4ccccc4c23)n1. The Labute approximate surface area is 296 Å². The van der Waals surface area contributed by atoms with Crippen LogP contribution >= 0.6 is 0 Å². The smallest absolute Gasteiger partial charge is 0.238 e. The third-order valence-electron chi connectivity index (χ3n) is 10.3. The van der Waals surface area contributed by atoms with Crippen LogP contribution in [-0.4, -0.2) is 19.5 Å². The number of furan rings is 2. The number of hydrogen-bond acceptors (Lipinski definition) is 5. The van der Waals surface area contributed by atoms with Crippen molar-refractivity contribution < 1.29 is 8.83 Å². The minimum absolute atomic E-state index is 0.526. The molecule has 4 heterocycles. The Balaban J connectivity index is 1.25. The van der Waals surface area contributed by atoms with Gasteiger partial charge in [-0.3, -0.25) is 4.57 Å². The van der Waals surface area contributed by atoms with Gasteiger partial charge in [0.2, 0.25) is 5.95 Å². The summed E-state index contributed by atoms with van der Waals surface area (Å²) in [6.45, 7) is 6.28. The molecule has 6 heteroatoms. The van der Waals surface area contributed by atoms with Crippen LogP contribution in [0.1, 0.15) is 18.1 Å². The lowest BCUT2D eigenvalue weighted by Crippen LogP contribution is -2.06. The highest BCUT2D eigenvalue weighted by atomic mass is 16.3. The lowest BCUT2D eigenvalue weighted by Gasteiger charge is -2.11. The molecule has 0 bridgehead atoms. The maximum absolute atomic E-state index is 6.32. The zero-order valence-corrected chi connectivity index (χ0v) is 28.1. The van der Waals surface area contributed by atoms with E-state index in [-0.39, 0.29) is 0 Å². The fourth-order valence-corrected chi connectivity index (χ4v) is 8.17. The molecule has 0 amide bonds. The number of allylic oxidation sites excluding steroid dienone is 1. The first kappa shape index (κ1) is 28.8. The van der Waals surface area contributed by atoms with Gasteiger partial charge in [0.05, 0.1) is 11.0 Å². The number of para-hydroxylation sites is 2. The van der Waals surface area contributed by atoms with E-state index in [2.05, 4.69) is 97.0 Å². The number of nitrogens with zero attached hydrogens (tertiary/aromatic N) is 4. The van der Waals surface area contributed by atoms with Crippen LogP contribution in [0, 0.1) is 0 Å². The molecule has 0 fully saturated rings. The zero-order valence-electron chi connectivity index (χ0n) is 28.1. The Morgan fingerprint density at radius 1 is 0.538 bits per heavy atom. The van der Waals surface area contributed by atoms with Crippen molar-refractivity contribution in [2.75, 3.05) is 0 Å². The number of benzene rings is 7. The Morgan fingerprint density at radius 2 is 1.15 bits per heavy atom. The van der Waals surface area contributed by atoms with Crippen LogP contribution in [0.2, 0.25) is 0 Å². The van der Waals surface area contributed by atoms with Gasteiger partial charge in [-0.25, -0.2) is 4.98 Å². The van der Waals surface area contributed by atoms with Crippen molar-refractivity contribution in [1.29, 1.82) is 0 Å². The van der Waals surface area contributed by atoms with E-state index in [1.165, 1.54) is 5.39 Å². The molecule has 0 aliphatic rings. The third-order valence-corrected chi connectivity index (χ3v) is 10.3. The van der Waals surface area contributed by atoms with Gasteiger partial charge in [0.1, 0.15) is 22.3 Å². The Hall–Kier alpha value is -7.05. The van der Waals surface area contributed by atoms with E-state index in [0.29, 0.717) is 17.6 Å². The predicted molar refractivity (Wildman–Crippen MR) is 213 cm³/mol. The summed E-state index contributed by atoms with van der Waals surface area (Å²) in [7, 11) is 0. The van der Waals surface area contributed by atoms with E-state index in [9.17, 15) is 0 Å². The molecule has 11 aromatic rings. The van der Waals surface area contributed by atoms with Gasteiger partial charge in [0.15, 0.2) is 11.6 Å². The van der Waals surface area contributed by atoms with E-state index in [4.69, 9.17) is 23.8 Å². The maximum atomic E-state index is 6.32. The van der Waals surface area contributed by atoms with Gasteiger partial charge < -0.3 is 8.83 Å². The molecule has 0 unspecified atom stereocenters. The summed E-state index contributed by atoms with van der Waals surface area (Å²) < 4.78 is 14.8. The molecule has 6 nitrogen and oxygen atoms in total. The van der Waals surface area contributed by atoms with Gasteiger partial charge in [-0.05, 0) is 71.3 Å². The molecule has 0 saturated heterocycles. The quantitative estimate of drug-likeness (QED) is 0.171. The van der Waals surface area contributed by atoms with Gasteiger partial charge in [-0.2, -0.15) is 9.97 Å². The van der Waals surface area contributed by atoms with E-state index < -0.39 is 0 Å². The monoisotopic (exact) mass is 668 g/mol. The molecule has 7 aromatic carbocycles. The first-order valence-corrected chi connectivity index (χ1v) is 17.4. The van der Waals surface area contributed by atoms with Gasteiger partial charge in [0, 0.05) is 43.4 Å². The van der Waals surface area contributed by atoms with Crippen LogP contribution in [0.4, 0.5) is 0 Å². The summed E-state index contributed by atoms with van der Waals surface area (Å²) in [5, 5.41) is 8.73. The second kappa shape index (κ2) is 10.7. The van der Waals surface area contributed by atoms with Crippen LogP contribution in [0.15, 0.2) is 143 Å². The molecule has 0 atom stereocenters. The average Bonchev–Trinajstić information content (AvgIpc) is 3.87. The van der Waals surface area contributed by atoms with Crippen LogP contribution < -0.4 is 0 Å². The molecular weight excluding hydrogens is 641 g/mol. The first-order valence-electron chi connectivity index (χ1n) is 17.4. The zero-order chi connectivity index (χ0) is 34.5. The molecule has 0 N–H and O–H groups in total. The minimum atomic E-state index is 0.526. The van der Waals surface area contributed by atoms with Crippen molar-refractivity contribution in [3.8, 4) is 28.7 Å². The summed E-state index contributed by atoms with van der Waals surface area (Å²) in [5.74, 6) is 1.63. The second-order valence-corrected chi connectivity index (χ2v) is 13.1. The van der Waals surface area contributed by atoms with Crippen LogP contribution in [0.5, 0.6) is 0 Å². The first-order chi connectivity index (χ1) is 25.7. The molecule has 0 spiro atoms. The maximum Gasteiger partial charge on any atom is 0.238 e. The van der Waals surface area contributed by atoms with Gasteiger partial charge >= 0.3 is 0 Å². The van der Waals surface area contributed by atoms with Gasteiger partial charge in [-0.15, -0.1) is 0 Å². The van der Waals surface area contributed by atoms with Crippen molar-refractivity contribution in [3.63, 3.8) is 0 Å².